The molecular formula is C25H33NO6. The Morgan fingerprint density at radius 1 is 1.09 bits per heavy atom. The quantitative estimate of drug-likeness (QED) is 0.301. The number of ether oxygens (including phenoxy) is 3. The molecule has 1 unspecified atom stereocenters. The molecule has 0 amide bonds. The first kappa shape index (κ1) is 23.9. The lowest BCUT2D eigenvalue weighted by Crippen LogP contribution is -2.31. The number of nitrogens with one attached hydrogen (secondary N) is 1. The summed E-state index contributed by atoms with van der Waals surface area (Å²) in [5.41, 5.74) is 0.550. The molecule has 0 spiro atoms. The van der Waals surface area contributed by atoms with E-state index < -0.39 is 6.10 Å². The highest BCUT2D eigenvalue weighted by atomic mass is 16.5. The van der Waals surface area contributed by atoms with Gasteiger partial charge in [0.15, 0.2) is 11.3 Å². The third-order valence-electron chi connectivity index (χ3n) is 5.21. The maximum absolute atomic E-state index is 13.3. The maximum atomic E-state index is 13.3. The normalized spacial score (nSPS) is 12.2. The van der Waals surface area contributed by atoms with E-state index >= 15 is 0 Å². The Bertz CT molecular complexity index is 1080. The molecule has 0 saturated heterocycles. The Morgan fingerprint density at radius 2 is 1.91 bits per heavy atom. The minimum Gasteiger partial charge on any atom is -0.493 e. The smallest absolute Gasteiger partial charge is 0.204 e. The predicted molar refractivity (Wildman–Crippen MR) is 126 cm³/mol. The van der Waals surface area contributed by atoms with Gasteiger partial charge in [-0.3, -0.25) is 4.79 Å². The van der Waals surface area contributed by atoms with Crippen LogP contribution in [-0.2, 0) is 0 Å². The van der Waals surface area contributed by atoms with Crippen LogP contribution in [0.25, 0.3) is 21.9 Å². The standard InChI is InChI=1S/C25H33NO6/c1-4-6-11-26-15-17(27)16-31-18-13-21(30-12-7-5-2)23-22(14-18)32-25-19(24(23)28)9-8-10-20(25)29-3/h8-10,13-14,17,26-27H,4-7,11-12,15-16H2,1-3H3. The van der Waals surface area contributed by atoms with Gasteiger partial charge >= 0.3 is 0 Å². The molecule has 3 aromatic rings. The van der Waals surface area contributed by atoms with Crippen molar-refractivity contribution in [2.45, 2.75) is 45.6 Å². The van der Waals surface area contributed by atoms with Crippen molar-refractivity contribution < 1.29 is 23.7 Å². The highest BCUT2D eigenvalue weighted by Gasteiger charge is 2.18. The van der Waals surface area contributed by atoms with Gasteiger partial charge in [-0.1, -0.05) is 32.8 Å². The zero-order valence-corrected chi connectivity index (χ0v) is 19.1. The van der Waals surface area contributed by atoms with Crippen molar-refractivity contribution in [3.63, 3.8) is 0 Å². The van der Waals surface area contributed by atoms with E-state index in [1.165, 1.54) is 7.11 Å². The summed E-state index contributed by atoms with van der Waals surface area (Å²) in [4.78, 5) is 13.3. The highest BCUT2D eigenvalue weighted by molar-refractivity contribution is 5.95. The summed E-state index contributed by atoms with van der Waals surface area (Å²) in [7, 11) is 1.54. The number of methoxy groups -OCH3 is 1. The lowest BCUT2D eigenvalue weighted by molar-refractivity contribution is 0.106. The van der Waals surface area contributed by atoms with Crippen molar-refractivity contribution in [2.75, 3.05) is 33.4 Å². The van der Waals surface area contributed by atoms with E-state index in [4.69, 9.17) is 18.6 Å². The van der Waals surface area contributed by atoms with Crippen LogP contribution in [0.3, 0.4) is 0 Å². The van der Waals surface area contributed by atoms with E-state index in [1.807, 2.05) is 0 Å². The summed E-state index contributed by atoms with van der Waals surface area (Å²) < 4.78 is 23.2. The Balaban J connectivity index is 1.93. The van der Waals surface area contributed by atoms with Crippen molar-refractivity contribution in [1.29, 1.82) is 0 Å². The SMILES string of the molecule is CCCCNCC(O)COc1cc(OCCCC)c2c(=O)c3cccc(OC)c3oc2c1. The fourth-order valence-corrected chi connectivity index (χ4v) is 3.42. The number of rotatable bonds is 13. The topological polar surface area (TPSA) is 90.2 Å². The average Bonchev–Trinajstić information content (AvgIpc) is 2.80. The van der Waals surface area contributed by atoms with E-state index in [0.717, 1.165) is 32.2 Å². The summed E-state index contributed by atoms with van der Waals surface area (Å²) in [6.07, 6.45) is 3.34. The molecule has 0 saturated carbocycles. The van der Waals surface area contributed by atoms with Crippen molar-refractivity contribution in [3.8, 4) is 17.2 Å². The molecule has 0 bridgehead atoms. The van der Waals surface area contributed by atoms with Crippen molar-refractivity contribution in [3.05, 3.63) is 40.6 Å². The molecule has 7 heteroatoms. The highest BCUT2D eigenvalue weighted by Crippen LogP contribution is 2.34. The molecule has 1 heterocycles. The monoisotopic (exact) mass is 443 g/mol. The first-order valence-electron chi connectivity index (χ1n) is 11.3. The van der Waals surface area contributed by atoms with Crippen LogP contribution in [0.2, 0.25) is 0 Å². The van der Waals surface area contributed by atoms with Crippen LogP contribution in [0.1, 0.15) is 39.5 Å². The van der Waals surface area contributed by atoms with E-state index in [2.05, 4.69) is 19.2 Å². The molecule has 0 radical (unpaired) electrons. The number of hydrogen-bond donors (Lipinski definition) is 2. The summed E-state index contributed by atoms with van der Waals surface area (Å²) in [6, 6.07) is 8.57. The zero-order valence-electron chi connectivity index (χ0n) is 19.1. The number of aliphatic hydroxyl groups excluding tert-OH is 1. The van der Waals surface area contributed by atoms with Gasteiger partial charge in [0.2, 0.25) is 5.43 Å². The fourth-order valence-electron chi connectivity index (χ4n) is 3.42. The second kappa shape index (κ2) is 11.7. The number of benzene rings is 2. The van der Waals surface area contributed by atoms with Crippen LogP contribution in [-0.4, -0.2) is 44.6 Å². The molecule has 1 aromatic heterocycles. The second-order valence-corrected chi connectivity index (χ2v) is 7.79. The molecule has 1 atom stereocenters. The van der Waals surface area contributed by atoms with Crippen LogP contribution < -0.4 is 25.0 Å². The maximum Gasteiger partial charge on any atom is 0.204 e. The molecular weight excluding hydrogens is 410 g/mol. The van der Waals surface area contributed by atoms with Crippen molar-refractivity contribution in [1.82, 2.24) is 5.32 Å². The predicted octanol–water partition coefficient (Wildman–Crippen LogP) is 4.26. The van der Waals surface area contributed by atoms with Crippen molar-refractivity contribution >= 4 is 21.9 Å². The molecule has 174 valence electrons. The first-order valence-corrected chi connectivity index (χ1v) is 11.3. The van der Waals surface area contributed by atoms with E-state index in [1.54, 1.807) is 30.3 Å². The van der Waals surface area contributed by atoms with Gasteiger partial charge in [0.1, 0.15) is 35.2 Å². The molecule has 2 aromatic carbocycles. The molecule has 32 heavy (non-hydrogen) atoms. The average molecular weight is 444 g/mol. The molecule has 2 N–H and O–H groups in total. The molecule has 0 aliphatic rings. The number of para-hydroxylation sites is 1. The number of unbranched alkanes of at least 4 members (excludes halogenated alkanes) is 2. The molecule has 7 nitrogen and oxygen atoms in total. The van der Waals surface area contributed by atoms with E-state index in [9.17, 15) is 9.90 Å². The fraction of sp³-hybridized carbons (Fsp3) is 0.480. The summed E-state index contributed by atoms with van der Waals surface area (Å²) >= 11 is 0. The van der Waals surface area contributed by atoms with Crippen LogP contribution in [0.4, 0.5) is 0 Å². The third-order valence-corrected chi connectivity index (χ3v) is 5.21. The van der Waals surface area contributed by atoms with Crippen LogP contribution >= 0.6 is 0 Å². The van der Waals surface area contributed by atoms with Gasteiger partial charge in [-0.2, -0.15) is 0 Å². The van der Waals surface area contributed by atoms with Crippen molar-refractivity contribution in [2.24, 2.45) is 0 Å². The molecule has 0 fully saturated rings. The first-order chi connectivity index (χ1) is 15.6. The van der Waals surface area contributed by atoms with Crippen LogP contribution in [0, 0.1) is 0 Å². The summed E-state index contributed by atoms with van der Waals surface area (Å²) in [5.74, 6) is 1.36. The molecule has 3 rings (SSSR count). The van der Waals surface area contributed by atoms with Gasteiger partial charge < -0.3 is 29.1 Å². The largest absolute Gasteiger partial charge is 0.493 e. The Hall–Kier alpha value is -2.77. The van der Waals surface area contributed by atoms with Gasteiger partial charge in [-0.25, -0.2) is 0 Å². The van der Waals surface area contributed by atoms with Gasteiger partial charge in [0.05, 0.1) is 19.1 Å². The zero-order chi connectivity index (χ0) is 22.9. The molecule has 0 aliphatic heterocycles. The Labute approximate surface area is 188 Å². The summed E-state index contributed by atoms with van der Waals surface area (Å²) in [5, 5.41) is 14.2. The Kier molecular flexibility index (Phi) is 8.76. The second-order valence-electron chi connectivity index (χ2n) is 7.79. The molecule has 0 aliphatic carbocycles. The lowest BCUT2D eigenvalue weighted by atomic mass is 10.1. The van der Waals surface area contributed by atoms with E-state index in [-0.39, 0.29) is 12.0 Å². The summed E-state index contributed by atoms with van der Waals surface area (Å²) in [6.45, 7) is 6.10. The minimum absolute atomic E-state index is 0.111. The van der Waals surface area contributed by atoms with Gasteiger partial charge in [0.25, 0.3) is 0 Å². The number of hydrogen-bond acceptors (Lipinski definition) is 7. The van der Waals surface area contributed by atoms with E-state index in [0.29, 0.717) is 52.3 Å². The van der Waals surface area contributed by atoms with Gasteiger partial charge in [0, 0.05) is 18.7 Å². The van der Waals surface area contributed by atoms with Crippen LogP contribution in [0.5, 0.6) is 17.2 Å². The minimum atomic E-state index is -0.657. The third kappa shape index (κ3) is 5.72. The van der Waals surface area contributed by atoms with Gasteiger partial charge in [-0.05, 0) is 31.5 Å². The van der Waals surface area contributed by atoms with Crippen LogP contribution in [0.15, 0.2) is 39.5 Å². The number of aliphatic hydroxyl groups is 1. The van der Waals surface area contributed by atoms with Gasteiger partial charge in [-0.15, -0.1) is 0 Å². The lowest BCUT2D eigenvalue weighted by Gasteiger charge is -2.15. The number of fused-ring (bicyclic) bond motifs is 2. The Morgan fingerprint density at radius 3 is 2.66 bits per heavy atom.